The molecule has 14 heavy (non-hydrogen) atoms. The molecule has 0 radical (unpaired) electrons. The Kier molecular flexibility index (Phi) is 2.42. The summed E-state index contributed by atoms with van der Waals surface area (Å²) in [7, 11) is 1.49. The van der Waals surface area contributed by atoms with Crippen LogP contribution in [0, 0.1) is 5.82 Å². The lowest BCUT2D eigenvalue weighted by molar-refractivity contribution is 0.384. The largest absolute Gasteiger partial charge is 0.494 e. The molecule has 1 unspecified atom stereocenters. The normalized spacial score (nSPS) is 20.4. The van der Waals surface area contributed by atoms with Crippen LogP contribution in [-0.4, -0.2) is 13.2 Å². The van der Waals surface area contributed by atoms with Gasteiger partial charge in [-0.2, -0.15) is 0 Å². The van der Waals surface area contributed by atoms with E-state index in [4.69, 9.17) is 10.5 Å². The van der Waals surface area contributed by atoms with E-state index in [1.165, 1.54) is 12.7 Å². The molecule has 1 aliphatic rings. The number of nitrogens with two attached hydrogens (primary N) is 1. The molecule has 1 aromatic carbocycles. The van der Waals surface area contributed by atoms with Gasteiger partial charge in [-0.3, -0.25) is 0 Å². The molecule has 0 aromatic heterocycles. The highest BCUT2D eigenvalue weighted by molar-refractivity contribution is 5.39. The van der Waals surface area contributed by atoms with Crippen LogP contribution in [0.15, 0.2) is 12.1 Å². The molecular weight excluding hydrogens is 181 g/mol. The highest BCUT2D eigenvalue weighted by Gasteiger charge is 2.18. The van der Waals surface area contributed by atoms with E-state index in [0.29, 0.717) is 5.75 Å². The first-order valence-corrected chi connectivity index (χ1v) is 4.81. The van der Waals surface area contributed by atoms with Gasteiger partial charge in [0.1, 0.15) is 0 Å². The van der Waals surface area contributed by atoms with E-state index in [-0.39, 0.29) is 11.9 Å². The maximum atomic E-state index is 13.3. The zero-order valence-electron chi connectivity index (χ0n) is 8.22. The van der Waals surface area contributed by atoms with Crippen LogP contribution < -0.4 is 10.5 Å². The van der Waals surface area contributed by atoms with Crippen molar-refractivity contribution >= 4 is 0 Å². The molecule has 0 fully saturated rings. The van der Waals surface area contributed by atoms with Crippen molar-refractivity contribution < 1.29 is 9.13 Å². The molecule has 0 spiro atoms. The van der Waals surface area contributed by atoms with Gasteiger partial charge < -0.3 is 10.5 Å². The van der Waals surface area contributed by atoms with Gasteiger partial charge >= 0.3 is 0 Å². The summed E-state index contributed by atoms with van der Waals surface area (Å²) in [5.74, 6) is 0.0413. The number of rotatable bonds is 1. The highest BCUT2D eigenvalue weighted by Crippen LogP contribution is 2.27. The summed E-state index contributed by atoms with van der Waals surface area (Å²) in [5, 5.41) is 0. The van der Waals surface area contributed by atoms with Gasteiger partial charge in [0.05, 0.1) is 7.11 Å². The number of halogens is 1. The van der Waals surface area contributed by atoms with Gasteiger partial charge in [0, 0.05) is 6.04 Å². The minimum Gasteiger partial charge on any atom is -0.494 e. The Morgan fingerprint density at radius 2 is 2.21 bits per heavy atom. The SMILES string of the molecule is COc1cc2c(cc1F)CC(N)CC2. The topological polar surface area (TPSA) is 35.2 Å². The summed E-state index contributed by atoms with van der Waals surface area (Å²) in [6.07, 6.45) is 2.67. The molecule has 1 atom stereocenters. The minimum atomic E-state index is -0.291. The Morgan fingerprint density at radius 3 is 2.93 bits per heavy atom. The van der Waals surface area contributed by atoms with Crippen molar-refractivity contribution in [2.24, 2.45) is 5.73 Å². The summed E-state index contributed by atoms with van der Waals surface area (Å²) in [4.78, 5) is 0. The minimum absolute atomic E-state index is 0.176. The molecule has 0 heterocycles. The standard InChI is InChI=1S/C11H14FNO/c1-14-11-6-7-2-3-9(13)4-8(7)5-10(11)12/h5-6,9H,2-4,13H2,1H3. The Balaban J connectivity index is 2.40. The van der Waals surface area contributed by atoms with Crippen LogP contribution in [0.1, 0.15) is 17.5 Å². The number of methoxy groups -OCH3 is 1. The molecule has 1 aliphatic carbocycles. The second-order valence-electron chi connectivity index (χ2n) is 3.76. The first-order chi connectivity index (χ1) is 6.70. The Hall–Kier alpha value is -1.09. The molecule has 0 amide bonds. The van der Waals surface area contributed by atoms with Gasteiger partial charge in [-0.15, -0.1) is 0 Å². The van der Waals surface area contributed by atoms with E-state index in [9.17, 15) is 4.39 Å². The average Bonchev–Trinajstić information content (AvgIpc) is 2.16. The molecule has 2 N–H and O–H groups in total. The smallest absolute Gasteiger partial charge is 0.165 e. The Bertz CT molecular complexity index is 351. The molecule has 1 aromatic rings. The summed E-state index contributed by atoms with van der Waals surface area (Å²) < 4.78 is 18.3. The fraction of sp³-hybridized carbons (Fsp3) is 0.455. The molecular formula is C11H14FNO. The predicted molar refractivity (Wildman–Crippen MR) is 53.0 cm³/mol. The van der Waals surface area contributed by atoms with E-state index in [0.717, 1.165) is 24.8 Å². The van der Waals surface area contributed by atoms with Gasteiger partial charge in [0.15, 0.2) is 11.6 Å². The van der Waals surface area contributed by atoms with Gasteiger partial charge in [-0.05, 0) is 42.5 Å². The van der Waals surface area contributed by atoms with E-state index < -0.39 is 0 Å². The molecule has 2 rings (SSSR count). The van der Waals surface area contributed by atoms with Gasteiger partial charge in [0.25, 0.3) is 0 Å². The van der Waals surface area contributed by atoms with Crippen molar-refractivity contribution in [2.45, 2.75) is 25.3 Å². The lowest BCUT2D eigenvalue weighted by Crippen LogP contribution is -2.27. The summed E-state index contributed by atoms with van der Waals surface area (Å²) >= 11 is 0. The van der Waals surface area contributed by atoms with Crippen LogP contribution >= 0.6 is 0 Å². The van der Waals surface area contributed by atoms with E-state index in [1.807, 2.05) is 0 Å². The molecule has 76 valence electrons. The van der Waals surface area contributed by atoms with Crippen LogP contribution in [0.5, 0.6) is 5.75 Å². The maximum Gasteiger partial charge on any atom is 0.165 e. The van der Waals surface area contributed by atoms with Gasteiger partial charge in [-0.25, -0.2) is 4.39 Å². The van der Waals surface area contributed by atoms with Crippen LogP contribution in [0.25, 0.3) is 0 Å². The second kappa shape index (κ2) is 3.58. The first kappa shape index (κ1) is 9.46. The third-order valence-corrected chi connectivity index (χ3v) is 2.74. The molecule has 2 nitrogen and oxygen atoms in total. The number of benzene rings is 1. The van der Waals surface area contributed by atoms with Crippen molar-refractivity contribution in [3.8, 4) is 5.75 Å². The number of hydrogen-bond acceptors (Lipinski definition) is 2. The molecule has 0 saturated heterocycles. The van der Waals surface area contributed by atoms with Gasteiger partial charge in [-0.1, -0.05) is 0 Å². The fourth-order valence-corrected chi connectivity index (χ4v) is 1.94. The van der Waals surface area contributed by atoms with E-state index in [2.05, 4.69) is 0 Å². The number of fused-ring (bicyclic) bond motifs is 1. The van der Waals surface area contributed by atoms with Crippen molar-refractivity contribution in [1.29, 1.82) is 0 Å². The van der Waals surface area contributed by atoms with Crippen molar-refractivity contribution in [3.63, 3.8) is 0 Å². The fourth-order valence-electron chi connectivity index (χ4n) is 1.94. The maximum absolute atomic E-state index is 13.3. The zero-order chi connectivity index (χ0) is 10.1. The van der Waals surface area contributed by atoms with E-state index in [1.54, 1.807) is 12.1 Å². The monoisotopic (exact) mass is 195 g/mol. The molecule has 3 heteroatoms. The Morgan fingerprint density at radius 1 is 1.43 bits per heavy atom. The number of ether oxygens (including phenoxy) is 1. The van der Waals surface area contributed by atoms with E-state index >= 15 is 0 Å². The van der Waals surface area contributed by atoms with Crippen molar-refractivity contribution in [1.82, 2.24) is 0 Å². The van der Waals surface area contributed by atoms with Crippen molar-refractivity contribution in [2.75, 3.05) is 7.11 Å². The second-order valence-corrected chi connectivity index (χ2v) is 3.76. The van der Waals surface area contributed by atoms with Crippen LogP contribution in [-0.2, 0) is 12.8 Å². The van der Waals surface area contributed by atoms with Crippen molar-refractivity contribution in [3.05, 3.63) is 29.1 Å². The van der Waals surface area contributed by atoms with Gasteiger partial charge in [0.2, 0.25) is 0 Å². The van der Waals surface area contributed by atoms with Crippen LogP contribution in [0.2, 0.25) is 0 Å². The average molecular weight is 195 g/mol. The molecule has 0 aliphatic heterocycles. The summed E-state index contributed by atoms with van der Waals surface area (Å²) in [6, 6.07) is 3.51. The lowest BCUT2D eigenvalue weighted by Gasteiger charge is -2.21. The lowest BCUT2D eigenvalue weighted by atomic mass is 9.88. The summed E-state index contributed by atoms with van der Waals surface area (Å²) in [6.45, 7) is 0. The number of aryl methyl sites for hydroxylation is 1. The highest BCUT2D eigenvalue weighted by atomic mass is 19.1. The quantitative estimate of drug-likeness (QED) is 0.739. The Labute approximate surface area is 82.9 Å². The zero-order valence-corrected chi connectivity index (χ0v) is 8.22. The molecule has 0 saturated carbocycles. The third-order valence-electron chi connectivity index (χ3n) is 2.74. The number of hydrogen-bond donors (Lipinski definition) is 1. The predicted octanol–water partition coefficient (Wildman–Crippen LogP) is 1.65. The third kappa shape index (κ3) is 1.60. The summed E-state index contributed by atoms with van der Waals surface area (Å²) in [5.41, 5.74) is 8.02. The first-order valence-electron chi connectivity index (χ1n) is 4.81. The van der Waals surface area contributed by atoms with Crippen LogP contribution in [0.3, 0.4) is 0 Å². The molecule has 0 bridgehead atoms. The van der Waals surface area contributed by atoms with Crippen LogP contribution in [0.4, 0.5) is 4.39 Å².